The highest BCUT2D eigenvalue weighted by Gasteiger charge is 2.40. The lowest BCUT2D eigenvalue weighted by molar-refractivity contribution is 0.0756. The summed E-state index contributed by atoms with van der Waals surface area (Å²) in [5.41, 5.74) is 8.43. The normalized spacial score (nSPS) is 29.2. The molecule has 0 aromatic carbocycles. The topological polar surface area (TPSA) is 96.7 Å². The molecule has 2 atom stereocenters. The summed E-state index contributed by atoms with van der Waals surface area (Å²) in [6, 6.07) is 4.28. The first-order chi connectivity index (χ1) is 11.7. The predicted octanol–water partition coefficient (Wildman–Crippen LogP) is 2.11. The van der Waals surface area contributed by atoms with E-state index in [2.05, 4.69) is 20.5 Å². The molecule has 0 aliphatic heterocycles. The zero-order chi connectivity index (χ0) is 16.5. The number of nitrogens with one attached hydrogen (secondary N) is 2. The van der Waals surface area contributed by atoms with Crippen LogP contribution in [0, 0.1) is 11.8 Å². The molecule has 2 aromatic heterocycles. The molecule has 4 rings (SSSR count). The van der Waals surface area contributed by atoms with E-state index in [1.807, 2.05) is 12.1 Å². The van der Waals surface area contributed by atoms with Gasteiger partial charge in [0, 0.05) is 30.0 Å². The molecule has 4 N–H and O–H groups in total. The Kier molecular flexibility index (Phi) is 4.06. The van der Waals surface area contributed by atoms with Crippen molar-refractivity contribution in [3.05, 3.63) is 36.3 Å². The monoisotopic (exact) mass is 325 g/mol. The third-order valence-corrected chi connectivity index (χ3v) is 5.53. The predicted molar refractivity (Wildman–Crippen MR) is 91.1 cm³/mol. The fourth-order valence-electron chi connectivity index (χ4n) is 4.45. The van der Waals surface area contributed by atoms with Gasteiger partial charge in [-0.25, -0.2) is 0 Å². The van der Waals surface area contributed by atoms with Gasteiger partial charge in [-0.15, -0.1) is 0 Å². The Morgan fingerprint density at radius 1 is 1.21 bits per heavy atom. The van der Waals surface area contributed by atoms with Crippen molar-refractivity contribution in [3.8, 4) is 11.3 Å². The molecule has 2 aromatic rings. The molecule has 2 aliphatic carbocycles. The number of fused-ring (bicyclic) bond motifs is 2. The molecular formula is C18H23N5O. The summed E-state index contributed by atoms with van der Waals surface area (Å²) in [4.78, 5) is 16.9. The van der Waals surface area contributed by atoms with E-state index < -0.39 is 0 Å². The molecule has 0 spiro atoms. The van der Waals surface area contributed by atoms with Crippen LogP contribution >= 0.6 is 0 Å². The lowest BCUT2D eigenvalue weighted by Gasteiger charge is -2.45. The van der Waals surface area contributed by atoms with Crippen molar-refractivity contribution in [1.29, 1.82) is 0 Å². The van der Waals surface area contributed by atoms with E-state index in [1.54, 1.807) is 18.6 Å². The minimum Gasteiger partial charge on any atom is -0.349 e. The van der Waals surface area contributed by atoms with Crippen molar-refractivity contribution in [1.82, 2.24) is 20.5 Å². The molecular weight excluding hydrogens is 302 g/mol. The molecule has 2 unspecified atom stereocenters. The van der Waals surface area contributed by atoms with Crippen molar-refractivity contribution in [3.63, 3.8) is 0 Å². The maximum Gasteiger partial charge on any atom is 0.255 e. The fourth-order valence-corrected chi connectivity index (χ4v) is 4.45. The van der Waals surface area contributed by atoms with Gasteiger partial charge in [-0.2, -0.15) is 5.10 Å². The van der Waals surface area contributed by atoms with E-state index >= 15 is 0 Å². The average Bonchev–Trinajstić information content (AvgIpc) is 3.06. The first kappa shape index (κ1) is 15.3. The number of carbonyl (C=O) groups is 1. The van der Waals surface area contributed by atoms with E-state index in [1.165, 1.54) is 6.42 Å². The minimum atomic E-state index is -0.0482. The van der Waals surface area contributed by atoms with Crippen molar-refractivity contribution in [2.24, 2.45) is 17.6 Å². The zero-order valence-corrected chi connectivity index (χ0v) is 13.6. The Bertz CT molecular complexity index is 699. The molecule has 126 valence electrons. The number of rotatable bonds is 3. The summed E-state index contributed by atoms with van der Waals surface area (Å²) in [5, 5.41) is 10.3. The summed E-state index contributed by atoms with van der Waals surface area (Å²) >= 11 is 0. The Morgan fingerprint density at radius 3 is 2.62 bits per heavy atom. The van der Waals surface area contributed by atoms with Gasteiger partial charge in [-0.05, 0) is 49.7 Å². The van der Waals surface area contributed by atoms with Gasteiger partial charge >= 0.3 is 0 Å². The Hall–Kier alpha value is -2.21. The highest BCUT2D eigenvalue weighted by Crippen LogP contribution is 2.39. The molecule has 2 bridgehead atoms. The van der Waals surface area contributed by atoms with Crippen LogP contribution in [0.3, 0.4) is 0 Å². The van der Waals surface area contributed by atoms with Crippen LogP contribution in [0.4, 0.5) is 0 Å². The van der Waals surface area contributed by atoms with Crippen LogP contribution in [0.1, 0.15) is 42.5 Å². The van der Waals surface area contributed by atoms with Gasteiger partial charge in [0.2, 0.25) is 0 Å². The van der Waals surface area contributed by atoms with E-state index in [0.29, 0.717) is 17.4 Å². The van der Waals surface area contributed by atoms with Crippen molar-refractivity contribution in [2.45, 2.75) is 44.2 Å². The smallest absolute Gasteiger partial charge is 0.255 e. The Labute approximate surface area is 141 Å². The van der Waals surface area contributed by atoms with E-state index in [4.69, 9.17) is 5.73 Å². The second-order valence-corrected chi connectivity index (χ2v) is 7.08. The van der Waals surface area contributed by atoms with Gasteiger partial charge in [0.1, 0.15) is 0 Å². The largest absolute Gasteiger partial charge is 0.349 e. The van der Waals surface area contributed by atoms with E-state index in [9.17, 15) is 4.79 Å². The highest BCUT2D eigenvalue weighted by atomic mass is 16.1. The van der Waals surface area contributed by atoms with Crippen LogP contribution in [0.25, 0.3) is 11.3 Å². The molecule has 2 fully saturated rings. The first-order valence-corrected chi connectivity index (χ1v) is 8.72. The maximum atomic E-state index is 12.9. The second kappa shape index (κ2) is 6.36. The molecule has 2 aliphatic rings. The number of pyridine rings is 1. The second-order valence-electron chi connectivity index (χ2n) is 7.08. The van der Waals surface area contributed by atoms with Crippen molar-refractivity contribution < 1.29 is 4.79 Å². The third-order valence-electron chi connectivity index (χ3n) is 5.53. The summed E-state index contributed by atoms with van der Waals surface area (Å²) < 4.78 is 0. The number of amides is 1. The van der Waals surface area contributed by atoms with Gasteiger partial charge in [0.15, 0.2) is 0 Å². The molecule has 2 heterocycles. The molecule has 2 saturated carbocycles. The highest BCUT2D eigenvalue weighted by molar-refractivity contribution is 5.99. The molecule has 6 nitrogen and oxygen atoms in total. The first-order valence-electron chi connectivity index (χ1n) is 8.72. The number of nitrogens with two attached hydrogens (primary N) is 1. The van der Waals surface area contributed by atoms with Crippen LogP contribution < -0.4 is 11.1 Å². The quantitative estimate of drug-likeness (QED) is 0.805. The lowest BCUT2D eigenvalue weighted by atomic mass is 9.67. The molecule has 0 radical (unpaired) electrons. The van der Waals surface area contributed by atoms with Crippen molar-refractivity contribution >= 4 is 5.91 Å². The van der Waals surface area contributed by atoms with Crippen LogP contribution in [-0.2, 0) is 0 Å². The molecule has 1 amide bonds. The molecule has 0 saturated heterocycles. The third kappa shape index (κ3) is 2.82. The number of hydrogen-bond donors (Lipinski definition) is 3. The number of H-pyrrole nitrogens is 1. The van der Waals surface area contributed by atoms with Gasteiger partial charge in [-0.3, -0.25) is 14.9 Å². The maximum absolute atomic E-state index is 12.9. The SMILES string of the molecule is NC1CC2CCCC(C1)C2NC(=O)c1cn[nH]c1-c1ccncc1. The summed E-state index contributed by atoms with van der Waals surface area (Å²) in [6.45, 7) is 0. The Morgan fingerprint density at radius 2 is 1.92 bits per heavy atom. The number of carbonyl (C=O) groups excluding carboxylic acids is 1. The molecule has 6 heteroatoms. The van der Waals surface area contributed by atoms with E-state index in [-0.39, 0.29) is 18.0 Å². The minimum absolute atomic E-state index is 0.0482. The van der Waals surface area contributed by atoms with Gasteiger partial charge in [0.25, 0.3) is 5.91 Å². The van der Waals surface area contributed by atoms with Crippen molar-refractivity contribution in [2.75, 3.05) is 0 Å². The summed E-state index contributed by atoms with van der Waals surface area (Å²) in [6.07, 6.45) is 10.6. The number of nitrogens with zero attached hydrogens (tertiary/aromatic N) is 2. The summed E-state index contributed by atoms with van der Waals surface area (Å²) in [5.74, 6) is 0.966. The molecule has 24 heavy (non-hydrogen) atoms. The lowest BCUT2D eigenvalue weighted by Crippen LogP contribution is -2.53. The van der Waals surface area contributed by atoms with Crippen LogP contribution in [0.2, 0.25) is 0 Å². The van der Waals surface area contributed by atoms with Crippen LogP contribution in [0.15, 0.2) is 30.7 Å². The number of hydrogen-bond acceptors (Lipinski definition) is 4. The van der Waals surface area contributed by atoms with Gasteiger partial charge < -0.3 is 11.1 Å². The number of aromatic nitrogens is 3. The number of aromatic amines is 1. The van der Waals surface area contributed by atoms with Gasteiger partial charge in [-0.1, -0.05) is 6.42 Å². The van der Waals surface area contributed by atoms with Gasteiger partial charge in [0.05, 0.1) is 17.5 Å². The standard InChI is InChI=1S/C18H23N5O/c19-14-8-12-2-1-3-13(9-14)16(12)22-18(24)15-10-21-23-17(15)11-4-6-20-7-5-11/h4-7,10,12-14,16H,1-3,8-9,19H2,(H,21,23)(H,22,24). The Balaban J connectivity index is 1.54. The van der Waals surface area contributed by atoms with Crippen LogP contribution in [0.5, 0.6) is 0 Å². The van der Waals surface area contributed by atoms with Crippen LogP contribution in [-0.4, -0.2) is 33.2 Å². The summed E-state index contributed by atoms with van der Waals surface area (Å²) in [7, 11) is 0. The average molecular weight is 325 g/mol. The zero-order valence-electron chi connectivity index (χ0n) is 13.6. The van der Waals surface area contributed by atoms with E-state index in [0.717, 1.165) is 36.9 Å². The fraction of sp³-hybridized carbons (Fsp3) is 0.500.